The third kappa shape index (κ3) is 3.02. The maximum Gasteiger partial charge on any atom is 0.0996 e. The summed E-state index contributed by atoms with van der Waals surface area (Å²) in [5.74, 6) is 0. The molecule has 90 valence electrons. The second-order valence-electron chi connectivity index (χ2n) is 4.71. The van der Waals surface area contributed by atoms with Gasteiger partial charge < -0.3 is 10.2 Å². The first-order chi connectivity index (χ1) is 7.75. The monoisotopic (exact) mass is 223 g/mol. The summed E-state index contributed by atoms with van der Waals surface area (Å²) >= 11 is 0. The Hall–Kier alpha value is -0.940. The molecule has 1 atom stereocenters. The van der Waals surface area contributed by atoms with Crippen LogP contribution in [0.15, 0.2) is 6.20 Å². The third-order valence-electron chi connectivity index (χ3n) is 3.00. The largest absolute Gasteiger partial charge is 0.309 e. The number of hydrogen-bond acceptors (Lipinski definition) is 4. The number of hydrogen-bond donors (Lipinski definition) is 1. The van der Waals surface area contributed by atoms with Crippen molar-refractivity contribution >= 4 is 0 Å². The van der Waals surface area contributed by atoms with E-state index in [2.05, 4.69) is 40.8 Å². The molecule has 0 aromatic carbocycles. The van der Waals surface area contributed by atoms with Gasteiger partial charge in [-0.05, 0) is 33.5 Å². The molecule has 1 N–H and O–H groups in total. The molecule has 5 heteroatoms. The lowest BCUT2D eigenvalue weighted by atomic mass is 10.0. The smallest absolute Gasteiger partial charge is 0.0996 e. The fourth-order valence-corrected chi connectivity index (χ4v) is 1.99. The quantitative estimate of drug-likeness (QED) is 0.814. The number of nitrogens with one attached hydrogen (secondary N) is 1. The predicted molar refractivity (Wildman–Crippen MR) is 63.2 cm³/mol. The van der Waals surface area contributed by atoms with E-state index >= 15 is 0 Å². The van der Waals surface area contributed by atoms with E-state index in [0.29, 0.717) is 6.04 Å². The predicted octanol–water partition coefficient (Wildman–Crippen LogP) is 0.654. The molecule has 1 aromatic rings. The van der Waals surface area contributed by atoms with Gasteiger partial charge in [0.25, 0.3) is 0 Å². The minimum Gasteiger partial charge on any atom is -0.309 e. The molecule has 2 rings (SSSR count). The summed E-state index contributed by atoms with van der Waals surface area (Å²) in [4.78, 5) is 2.15. The summed E-state index contributed by atoms with van der Waals surface area (Å²) in [5, 5.41) is 11.9. The van der Waals surface area contributed by atoms with Crippen LogP contribution in [0.2, 0.25) is 0 Å². The molecule has 1 unspecified atom stereocenters. The number of rotatable bonds is 4. The van der Waals surface area contributed by atoms with Crippen LogP contribution < -0.4 is 5.32 Å². The van der Waals surface area contributed by atoms with Gasteiger partial charge in [-0.3, -0.25) is 4.68 Å². The van der Waals surface area contributed by atoms with E-state index in [1.807, 2.05) is 4.68 Å². The van der Waals surface area contributed by atoms with E-state index in [4.69, 9.17) is 0 Å². The first kappa shape index (κ1) is 11.5. The van der Waals surface area contributed by atoms with Crippen molar-refractivity contribution in [3.8, 4) is 0 Å². The molecule has 1 fully saturated rings. The van der Waals surface area contributed by atoms with E-state index < -0.39 is 0 Å². The van der Waals surface area contributed by atoms with Crippen molar-refractivity contribution in [3.63, 3.8) is 0 Å². The molecule has 0 radical (unpaired) electrons. The molecular formula is C11H21N5. The number of aromatic nitrogens is 3. The number of nitrogens with zero attached hydrogens (tertiary/aromatic N) is 4. The molecule has 1 aliphatic heterocycles. The zero-order valence-electron chi connectivity index (χ0n) is 10.2. The molecule has 2 heterocycles. The van der Waals surface area contributed by atoms with Gasteiger partial charge in [-0.2, -0.15) is 0 Å². The number of piperidine rings is 1. The van der Waals surface area contributed by atoms with Gasteiger partial charge in [-0.15, -0.1) is 5.10 Å². The van der Waals surface area contributed by atoms with Crippen LogP contribution in [-0.4, -0.2) is 47.1 Å². The summed E-state index contributed by atoms with van der Waals surface area (Å²) in [5.41, 5.74) is 1.10. The van der Waals surface area contributed by atoms with Gasteiger partial charge >= 0.3 is 0 Å². The van der Waals surface area contributed by atoms with Gasteiger partial charge in [0, 0.05) is 6.54 Å². The lowest BCUT2D eigenvalue weighted by molar-refractivity contribution is 0.370. The standard InChI is InChI=1S/C11H21N5/c1-15(2)7-8-16-9-11(13-14-16)10-5-3-4-6-12-10/h9-10,12H,3-8H2,1-2H3. The molecule has 1 aromatic heterocycles. The van der Waals surface area contributed by atoms with E-state index in [-0.39, 0.29) is 0 Å². The Labute approximate surface area is 96.8 Å². The molecule has 0 spiro atoms. The zero-order chi connectivity index (χ0) is 11.4. The van der Waals surface area contributed by atoms with Crippen molar-refractivity contribution in [2.24, 2.45) is 0 Å². The molecule has 16 heavy (non-hydrogen) atoms. The highest BCUT2D eigenvalue weighted by atomic mass is 15.4. The van der Waals surface area contributed by atoms with Crippen LogP contribution in [0.3, 0.4) is 0 Å². The van der Waals surface area contributed by atoms with Gasteiger partial charge in [-0.1, -0.05) is 11.6 Å². The van der Waals surface area contributed by atoms with Gasteiger partial charge in [0.15, 0.2) is 0 Å². The first-order valence-corrected chi connectivity index (χ1v) is 6.04. The van der Waals surface area contributed by atoms with E-state index in [1.165, 1.54) is 19.3 Å². The van der Waals surface area contributed by atoms with Crippen LogP contribution in [0.1, 0.15) is 31.0 Å². The van der Waals surface area contributed by atoms with Gasteiger partial charge in [0.05, 0.1) is 24.5 Å². The lowest BCUT2D eigenvalue weighted by Crippen LogP contribution is -2.27. The molecule has 1 saturated heterocycles. The van der Waals surface area contributed by atoms with Crippen LogP contribution in [0.5, 0.6) is 0 Å². The first-order valence-electron chi connectivity index (χ1n) is 6.04. The summed E-state index contributed by atoms with van der Waals surface area (Å²) in [6, 6.07) is 0.418. The highest BCUT2D eigenvalue weighted by Gasteiger charge is 2.17. The van der Waals surface area contributed by atoms with Gasteiger partial charge in [0.2, 0.25) is 0 Å². The average molecular weight is 223 g/mol. The molecule has 0 aliphatic carbocycles. The van der Waals surface area contributed by atoms with Crippen molar-refractivity contribution in [2.45, 2.75) is 31.8 Å². The Morgan fingerprint density at radius 1 is 1.50 bits per heavy atom. The normalized spacial score (nSPS) is 21.6. The van der Waals surface area contributed by atoms with E-state index in [0.717, 1.165) is 25.3 Å². The van der Waals surface area contributed by atoms with Crippen LogP contribution in [0, 0.1) is 0 Å². The minimum atomic E-state index is 0.418. The Bertz CT molecular complexity index is 314. The van der Waals surface area contributed by atoms with Gasteiger partial charge in [-0.25, -0.2) is 0 Å². The van der Waals surface area contributed by atoms with Crippen molar-refractivity contribution in [2.75, 3.05) is 27.2 Å². The highest BCUT2D eigenvalue weighted by Crippen LogP contribution is 2.20. The van der Waals surface area contributed by atoms with Crippen LogP contribution in [-0.2, 0) is 6.54 Å². The average Bonchev–Trinajstić information content (AvgIpc) is 2.76. The molecule has 0 saturated carbocycles. The van der Waals surface area contributed by atoms with Crippen LogP contribution in [0.4, 0.5) is 0 Å². The molecule has 0 bridgehead atoms. The summed E-state index contributed by atoms with van der Waals surface area (Å²) < 4.78 is 1.94. The Balaban J connectivity index is 1.90. The third-order valence-corrected chi connectivity index (χ3v) is 3.00. The molecule has 1 aliphatic rings. The van der Waals surface area contributed by atoms with E-state index in [9.17, 15) is 0 Å². The van der Waals surface area contributed by atoms with Crippen LogP contribution >= 0.6 is 0 Å². The van der Waals surface area contributed by atoms with Crippen molar-refractivity contribution in [1.82, 2.24) is 25.2 Å². The SMILES string of the molecule is CN(C)CCn1cc(C2CCCCN2)nn1. The van der Waals surface area contributed by atoms with Crippen LogP contribution in [0.25, 0.3) is 0 Å². The molecular weight excluding hydrogens is 202 g/mol. The lowest BCUT2D eigenvalue weighted by Gasteiger charge is -2.20. The summed E-state index contributed by atoms with van der Waals surface area (Å²) in [6.07, 6.45) is 5.84. The van der Waals surface area contributed by atoms with Gasteiger partial charge in [0.1, 0.15) is 0 Å². The summed E-state index contributed by atoms with van der Waals surface area (Å²) in [7, 11) is 4.14. The molecule has 5 nitrogen and oxygen atoms in total. The fraction of sp³-hybridized carbons (Fsp3) is 0.818. The van der Waals surface area contributed by atoms with Crippen molar-refractivity contribution in [3.05, 3.63) is 11.9 Å². The van der Waals surface area contributed by atoms with Crippen molar-refractivity contribution < 1.29 is 0 Å². The maximum atomic E-state index is 4.25. The number of likely N-dealkylation sites (N-methyl/N-ethyl adjacent to an activating group) is 1. The second kappa shape index (κ2) is 5.41. The van der Waals surface area contributed by atoms with E-state index in [1.54, 1.807) is 0 Å². The topological polar surface area (TPSA) is 46.0 Å². The highest BCUT2D eigenvalue weighted by molar-refractivity contribution is 5.01. The Morgan fingerprint density at radius 3 is 3.06 bits per heavy atom. The second-order valence-corrected chi connectivity index (χ2v) is 4.71. The summed E-state index contributed by atoms with van der Waals surface area (Å²) in [6.45, 7) is 3.02. The molecule has 0 amide bonds. The zero-order valence-corrected chi connectivity index (χ0v) is 10.2. The Morgan fingerprint density at radius 2 is 2.38 bits per heavy atom. The Kier molecular flexibility index (Phi) is 3.90. The van der Waals surface area contributed by atoms with Crippen molar-refractivity contribution in [1.29, 1.82) is 0 Å². The minimum absolute atomic E-state index is 0.418. The maximum absolute atomic E-state index is 4.25. The fourth-order valence-electron chi connectivity index (χ4n) is 1.99.